The standard InChI is InChI=1S/C14H14F3N3OS/c1-9-6-11(10(2)20(9)8-14(15,16)17)12(21)7-22-13-18-4-3-5-19-13/h3-6H,7-8H2,1-2H3. The van der Waals surface area contributed by atoms with Gasteiger partial charge in [-0.1, -0.05) is 11.8 Å². The minimum Gasteiger partial charge on any atom is -0.339 e. The van der Waals surface area contributed by atoms with E-state index in [9.17, 15) is 18.0 Å². The van der Waals surface area contributed by atoms with E-state index in [-0.39, 0.29) is 11.5 Å². The van der Waals surface area contributed by atoms with Crippen molar-refractivity contribution in [1.29, 1.82) is 0 Å². The molecule has 0 saturated heterocycles. The van der Waals surface area contributed by atoms with Crippen molar-refractivity contribution in [1.82, 2.24) is 14.5 Å². The molecule has 2 rings (SSSR count). The summed E-state index contributed by atoms with van der Waals surface area (Å²) in [5.74, 6) is -0.153. The van der Waals surface area contributed by atoms with Gasteiger partial charge in [0.2, 0.25) is 0 Å². The predicted molar refractivity (Wildman–Crippen MR) is 77.0 cm³/mol. The first-order valence-electron chi connectivity index (χ1n) is 6.44. The van der Waals surface area contributed by atoms with Crippen molar-refractivity contribution in [2.45, 2.75) is 31.7 Å². The highest BCUT2D eigenvalue weighted by atomic mass is 32.2. The molecule has 0 radical (unpaired) electrons. The molecule has 0 amide bonds. The number of hydrogen-bond acceptors (Lipinski definition) is 4. The highest BCUT2D eigenvalue weighted by Crippen LogP contribution is 2.24. The second-order valence-electron chi connectivity index (χ2n) is 4.73. The molecule has 0 atom stereocenters. The number of halogens is 3. The molecule has 2 aromatic heterocycles. The van der Waals surface area contributed by atoms with Gasteiger partial charge in [-0.15, -0.1) is 0 Å². The van der Waals surface area contributed by atoms with Gasteiger partial charge in [0.1, 0.15) is 6.54 Å². The SMILES string of the molecule is Cc1cc(C(=O)CSc2ncccn2)c(C)n1CC(F)(F)F. The van der Waals surface area contributed by atoms with Crippen LogP contribution in [0.5, 0.6) is 0 Å². The lowest BCUT2D eigenvalue weighted by Gasteiger charge is -2.12. The van der Waals surface area contributed by atoms with Crippen LogP contribution < -0.4 is 0 Å². The third-order valence-electron chi connectivity index (χ3n) is 3.09. The van der Waals surface area contributed by atoms with Gasteiger partial charge >= 0.3 is 6.18 Å². The molecule has 0 spiro atoms. The maximum absolute atomic E-state index is 12.6. The molecule has 8 heteroatoms. The Bertz CT molecular complexity index is 668. The summed E-state index contributed by atoms with van der Waals surface area (Å²) in [7, 11) is 0. The van der Waals surface area contributed by atoms with Crippen LogP contribution in [0.1, 0.15) is 21.7 Å². The Balaban J connectivity index is 2.12. The monoisotopic (exact) mass is 329 g/mol. The summed E-state index contributed by atoms with van der Waals surface area (Å²) in [4.78, 5) is 20.2. The van der Waals surface area contributed by atoms with Crippen LogP contribution in [0.25, 0.3) is 0 Å². The Hall–Kier alpha value is -1.83. The number of Topliss-reactive ketones (excluding diaryl/α,β-unsaturated/α-hetero) is 1. The lowest BCUT2D eigenvalue weighted by Crippen LogP contribution is -2.19. The Kier molecular flexibility index (Phi) is 4.90. The lowest BCUT2D eigenvalue weighted by molar-refractivity contribution is -0.141. The number of nitrogens with zero attached hydrogens (tertiary/aromatic N) is 3. The fourth-order valence-corrected chi connectivity index (χ4v) is 2.76. The number of alkyl halides is 3. The first kappa shape index (κ1) is 16.5. The van der Waals surface area contributed by atoms with Gasteiger partial charge in [0.25, 0.3) is 0 Å². The molecule has 0 aromatic carbocycles. The van der Waals surface area contributed by atoms with Crippen LogP contribution in [0.2, 0.25) is 0 Å². The smallest absolute Gasteiger partial charge is 0.339 e. The summed E-state index contributed by atoms with van der Waals surface area (Å²) >= 11 is 1.16. The molecule has 4 nitrogen and oxygen atoms in total. The van der Waals surface area contributed by atoms with E-state index in [0.717, 1.165) is 16.3 Å². The fourth-order valence-electron chi connectivity index (χ4n) is 2.07. The second-order valence-corrected chi connectivity index (χ2v) is 5.67. The van der Waals surface area contributed by atoms with E-state index in [0.29, 0.717) is 22.1 Å². The van der Waals surface area contributed by atoms with Crippen molar-refractivity contribution in [3.8, 4) is 0 Å². The zero-order valence-corrected chi connectivity index (χ0v) is 12.8. The van der Waals surface area contributed by atoms with E-state index in [1.165, 1.54) is 13.0 Å². The van der Waals surface area contributed by atoms with Crippen molar-refractivity contribution in [3.63, 3.8) is 0 Å². The van der Waals surface area contributed by atoms with E-state index < -0.39 is 12.7 Å². The van der Waals surface area contributed by atoms with Gasteiger partial charge in [-0.05, 0) is 26.0 Å². The maximum Gasteiger partial charge on any atom is 0.406 e. The first-order valence-corrected chi connectivity index (χ1v) is 7.43. The highest BCUT2D eigenvalue weighted by Gasteiger charge is 2.30. The number of hydrogen-bond donors (Lipinski definition) is 0. The third-order valence-corrected chi connectivity index (χ3v) is 3.96. The second kappa shape index (κ2) is 6.51. The van der Waals surface area contributed by atoms with Gasteiger partial charge in [-0.2, -0.15) is 13.2 Å². The van der Waals surface area contributed by atoms with Crippen molar-refractivity contribution in [3.05, 3.63) is 41.5 Å². The average molecular weight is 329 g/mol. The zero-order valence-electron chi connectivity index (χ0n) is 12.0. The van der Waals surface area contributed by atoms with Gasteiger partial charge in [-0.25, -0.2) is 9.97 Å². The Morgan fingerprint density at radius 2 is 1.91 bits per heavy atom. The Morgan fingerprint density at radius 1 is 1.27 bits per heavy atom. The Morgan fingerprint density at radius 3 is 2.50 bits per heavy atom. The van der Waals surface area contributed by atoms with Crippen LogP contribution >= 0.6 is 11.8 Å². The van der Waals surface area contributed by atoms with Crippen LogP contribution in [0.4, 0.5) is 13.2 Å². The number of rotatable bonds is 5. The minimum atomic E-state index is -4.32. The maximum atomic E-state index is 12.6. The number of carbonyl (C=O) groups is 1. The van der Waals surface area contributed by atoms with Crippen molar-refractivity contribution >= 4 is 17.5 Å². The fraction of sp³-hybridized carbons (Fsp3) is 0.357. The minimum absolute atomic E-state index is 0.0837. The molecule has 0 aliphatic carbocycles. The van der Waals surface area contributed by atoms with E-state index in [4.69, 9.17) is 0 Å². The summed E-state index contributed by atoms with van der Waals surface area (Å²) in [5.41, 5.74) is 1.05. The van der Waals surface area contributed by atoms with Gasteiger partial charge < -0.3 is 4.57 Å². The molecular weight excluding hydrogens is 315 g/mol. The van der Waals surface area contributed by atoms with Crippen LogP contribution in [0, 0.1) is 13.8 Å². The molecule has 2 heterocycles. The molecule has 2 aromatic rings. The molecule has 0 aliphatic rings. The molecule has 0 fully saturated rings. The number of aryl methyl sites for hydroxylation is 1. The number of thioether (sulfide) groups is 1. The van der Waals surface area contributed by atoms with Gasteiger partial charge in [0.05, 0.1) is 5.75 Å². The number of aromatic nitrogens is 3. The van der Waals surface area contributed by atoms with E-state index >= 15 is 0 Å². The predicted octanol–water partition coefficient (Wildman–Crippen LogP) is 3.43. The topological polar surface area (TPSA) is 47.8 Å². The number of carbonyl (C=O) groups excluding carboxylic acids is 1. The van der Waals surface area contributed by atoms with E-state index in [1.807, 2.05) is 0 Å². The van der Waals surface area contributed by atoms with Gasteiger partial charge in [0.15, 0.2) is 10.9 Å². The summed E-state index contributed by atoms with van der Waals surface area (Å²) in [6, 6.07) is 3.16. The molecule has 0 aliphatic heterocycles. The molecule has 0 saturated carbocycles. The largest absolute Gasteiger partial charge is 0.406 e. The molecule has 0 N–H and O–H groups in total. The van der Waals surface area contributed by atoms with Crippen molar-refractivity contribution in [2.75, 3.05) is 5.75 Å². The third kappa shape index (κ3) is 4.09. The highest BCUT2D eigenvalue weighted by molar-refractivity contribution is 7.99. The normalized spacial score (nSPS) is 11.7. The molecule has 0 unspecified atom stereocenters. The summed E-state index contributed by atoms with van der Waals surface area (Å²) < 4.78 is 38.8. The number of ketones is 1. The average Bonchev–Trinajstić information content (AvgIpc) is 2.72. The van der Waals surface area contributed by atoms with E-state index in [2.05, 4.69) is 9.97 Å². The van der Waals surface area contributed by atoms with Gasteiger partial charge in [0, 0.05) is 29.3 Å². The summed E-state index contributed by atoms with van der Waals surface area (Å²) in [6.45, 7) is 1.99. The molecule has 22 heavy (non-hydrogen) atoms. The van der Waals surface area contributed by atoms with Crippen LogP contribution in [0.15, 0.2) is 29.7 Å². The zero-order chi connectivity index (χ0) is 16.3. The molecular formula is C14H14F3N3OS. The van der Waals surface area contributed by atoms with Crippen molar-refractivity contribution in [2.24, 2.45) is 0 Å². The lowest BCUT2D eigenvalue weighted by atomic mass is 10.2. The van der Waals surface area contributed by atoms with Crippen LogP contribution in [-0.2, 0) is 6.54 Å². The summed E-state index contributed by atoms with van der Waals surface area (Å²) in [5, 5.41) is 0.458. The van der Waals surface area contributed by atoms with Crippen molar-refractivity contribution < 1.29 is 18.0 Å². The Labute approximate surface area is 129 Å². The summed E-state index contributed by atoms with van der Waals surface area (Å²) in [6.07, 6.45) is -1.19. The van der Waals surface area contributed by atoms with Crippen LogP contribution in [-0.4, -0.2) is 32.2 Å². The molecule has 0 bridgehead atoms. The van der Waals surface area contributed by atoms with Crippen LogP contribution in [0.3, 0.4) is 0 Å². The van der Waals surface area contributed by atoms with E-state index in [1.54, 1.807) is 25.4 Å². The quantitative estimate of drug-likeness (QED) is 0.479. The molecule has 118 valence electrons. The first-order chi connectivity index (χ1) is 10.3. The van der Waals surface area contributed by atoms with Gasteiger partial charge in [-0.3, -0.25) is 4.79 Å².